The second-order valence-corrected chi connectivity index (χ2v) is 1.66. The summed E-state index contributed by atoms with van der Waals surface area (Å²) in [5.41, 5.74) is 0. The van der Waals surface area contributed by atoms with Crippen LogP contribution in [-0.4, -0.2) is 7.11 Å². The highest BCUT2D eigenvalue weighted by atomic mass is 18.2. The van der Waals surface area contributed by atoms with Crippen LogP contribution in [0.2, 0.25) is 0 Å². The van der Waals surface area contributed by atoms with Gasteiger partial charge in [-0.1, -0.05) is 0 Å². The fourth-order valence-corrected chi connectivity index (χ4v) is 0.571. The second-order valence-electron chi connectivity index (χ2n) is 1.66. The molecule has 9 heavy (non-hydrogen) atoms. The molecular weight excluding hydrogens is 118 g/mol. The van der Waals surface area contributed by atoms with E-state index in [0.29, 0.717) is 5.75 Å². The van der Waals surface area contributed by atoms with Gasteiger partial charge in [-0.15, -0.1) is 0 Å². The van der Waals surface area contributed by atoms with E-state index in [4.69, 9.17) is 4.74 Å². The summed E-state index contributed by atoms with van der Waals surface area (Å²) in [6.07, 6.45) is 0. The Morgan fingerprint density at radius 2 is 1.78 bits per heavy atom. The van der Waals surface area contributed by atoms with Crippen LogP contribution in [0, 0.1) is 5.82 Å². The number of halogens is 1. The Hall–Kier alpha value is -1.05. The smallest absolute Gasteiger partial charge is 0.123 e. The van der Waals surface area contributed by atoms with E-state index in [0.717, 1.165) is 0 Å². The van der Waals surface area contributed by atoms with Crippen LogP contribution in [0.1, 0.15) is 0 Å². The van der Waals surface area contributed by atoms with Gasteiger partial charge in [-0.05, 0) is 24.3 Å². The molecule has 0 unspecified atom stereocenters. The van der Waals surface area contributed by atoms with Crippen molar-refractivity contribution in [3.63, 3.8) is 0 Å². The molecule has 0 aromatic heterocycles. The van der Waals surface area contributed by atoms with Crippen molar-refractivity contribution >= 4 is 0 Å². The van der Waals surface area contributed by atoms with E-state index in [1.165, 1.54) is 12.1 Å². The first-order valence-electron chi connectivity index (χ1n) is 2.62. The molecule has 0 saturated heterocycles. The summed E-state index contributed by atoms with van der Waals surface area (Å²) >= 11 is 0. The average Bonchev–Trinajstić information content (AvgIpc) is 1.90. The molecule has 1 rings (SSSR count). The van der Waals surface area contributed by atoms with Crippen LogP contribution in [0.25, 0.3) is 0 Å². The van der Waals surface area contributed by atoms with Gasteiger partial charge >= 0.3 is 0 Å². The summed E-state index contributed by atoms with van der Waals surface area (Å²) in [6.45, 7) is 0. The fraction of sp³-hybridized carbons (Fsp3) is 0.143. The third-order valence-corrected chi connectivity index (χ3v) is 1.05. The first-order chi connectivity index (χ1) is 4.33. The van der Waals surface area contributed by atoms with Crippen LogP contribution < -0.4 is 4.74 Å². The van der Waals surface area contributed by atoms with Gasteiger partial charge in [0.1, 0.15) is 11.6 Å². The first kappa shape index (κ1) is 6.08. The summed E-state index contributed by atoms with van der Waals surface area (Å²) in [5, 5.41) is 0. The molecule has 1 nitrogen and oxygen atoms in total. The van der Waals surface area contributed by atoms with Gasteiger partial charge in [0.05, 0.1) is 7.11 Å². The van der Waals surface area contributed by atoms with Gasteiger partial charge in [0.2, 0.25) is 0 Å². The molecule has 0 saturated carbocycles. The lowest BCUT2D eigenvalue weighted by atomic mass is 10.3. The third kappa shape index (κ3) is 1.42. The lowest BCUT2D eigenvalue weighted by Gasteiger charge is -1.95. The SMILES string of the molecule is COc1ccc([18F])cc1. The van der Waals surface area contributed by atoms with E-state index in [-0.39, 0.29) is 5.82 Å². The van der Waals surface area contributed by atoms with Gasteiger partial charge in [-0.25, -0.2) is 4.39 Å². The molecule has 0 radical (unpaired) electrons. The van der Waals surface area contributed by atoms with Crippen LogP contribution in [0.5, 0.6) is 5.75 Å². The normalized spacial score (nSPS) is 9.11. The second kappa shape index (κ2) is 2.49. The predicted octanol–water partition coefficient (Wildman–Crippen LogP) is 1.83. The Morgan fingerprint density at radius 3 is 2.22 bits per heavy atom. The third-order valence-electron chi connectivity index (χ3n) is 1.05. The van der Waals surface area contributed by atoms with Gasteiger partial charge < -0.3 is 4.74 Å². The highest BCUT2D eigenvalue weighted by Crippen LogP contribution is 2.08. The molecule has 0 aliphatic rings. The van der Waals surface area contributed by atoms with Crippen LogP contribution in [0.3, 0.4) is 0 Å². The summed E-state index contributed by atoms with van der Waals surface area (Å²) < 4.78 is 17.0. The number of ether oxygens (including phenoxy) is 1. The first-order valence-corrected chi connectivity index (χ1v) is 2.62. The molecule has 48 valence electrons. The van der Waals surface area contributed by atoms with Gasteiger partial charge in [0.25, 0.3) is 0 Å². The number of methoxy groups -OCH3 is 1. The Morgan fingerprint density at radius 1 is 1.22 bits per heavy atom. The topological polar surface area (TPSA) is 9.23 Å². The monoisotopic (exact) mass is 125 g/mol. The number of rotatable bonds is 1. The summed E-state index contributed by atoms with van der Waals surface area (Å²) in [4.78, 5) is 0. The van der Waals surface area contributed by atoms with E-state index in [2.05, 4.69) is 0 Å². The minimum atomic E-state index is -0.240. The highest BCUT2D eigenvalue weighted by molar-refractivity contribution is 5.21. The van der Waals surface area contributed by atoms with Gasteiger partial charge in [-0.3, -0.25) is 0 Å². The summed E-state index contributed by atoms with van der Waals surface area (Å²) in [7, 11) is 1.55. The number of benzene rings is 1. The van der Waals surface area contributed by atoms with Gasteiger partial charge in [-0.2, -0.15) is 0 Å². The molecule has 1 aromatic rings. The largest absolute Gasteiger partial charge is 0.497 e. The van der Waals surface area contributed by atoms with Gasteiger partial charge in [0.15, 0.2) is 0 Å². The highest BCUT2D eigenvalue weighted by Gasteiger charge is 1.88. The minimum absolute atomic E-state index is 0.240. The molecule has 0 aliphatic carbocycles. The van der Waals surface area contributed by atoms with E-state index in [1.54, 1.807) is 19.2 Å². The van der Waals surface area contributed by atoms with Crippen molar-refractivity contribution < 1.29 is 9.13 Å². The van der Waals surface area contributed by atoms with E-state index >= 15 is 0 Å². The van der Waals surface area contributed by atoms with Crippen molar-refractivity contribution in [3.05, 3.63) is 30.1 Å². The molecule has 0 amide bonds. The van der Waals surface area contributed by atoms with Crippen LogP contribution in [-0.2, 0) is 0 Å². The lowest BCUT2D eigenvalue weighted by molar-refractivity contribution is 0.413. The molecule has 2 heteroatoms. The molecule has 0 fully saturated rings. The Bertz CT molecular complexity index is 181. The zero-order valence-electron chi connectivity index (χ0n) is 5.10. The van der Waals surface area contributed by atoms with E-state index in [9.17, 15) is 4.39 Å². The van der Waals surface area contributed by atoms with Crippen LogP contribution >= 0.6 is 0 Å². The van der Waals surface area contributed by atoms with Crippen molar-refractivity contribution in [1.29, 1.82) is 0 Å². The van der Waals surface area contributed by atoms with Crippen molar-refractivity contribution in [2.75, 3.05) is 7.11 Å². The van der Waals surface area contributed by atoms with Crippen molar-refractivity contribution in [2.24, 2.45) is 0 Å². The number of hydrogen-bond donors (Lipinski definition) is 0. The summed E-state index contributed by atoms with van der Waals surface area (Å²) in [5.74, 6) is 0.437. The molecule has 0 N–H and O–H groups in total. The minimum Gasteiger partial charge on any atom is -0.497 e. The Labute approximate surface area is 53.1 Å². The average molecular weight is 125 g/mol. The van der Waals surface area contributed by atoms with Gasteiger partial charge in [0, 0.05) is 0 Å². The molecular formula is C7H7FO. The standard InChI is InChI=1S/C7H7FO/c1-9-7-4-2-6(8)3-5-7/h2-5H,1H3/i8-1. The molecule has 1 aromatic carbocycles. The fourth-order valence-electron chi connectivity index (χ4n) is 0.571. The van der Waals surface area contributed by atoms with Crippen molar-refractivity contribution in [1.82, 2.24) is 0 Å². The zero-order chi connectivity index (χ0) is 6.69. The van der Waals surface area contributed by atoms with Crippen molar-refractivity contribution in [3.8, 4) is 5.75 Å². The molecule has 0 spiro atoms. The predicted molar refractivity (Wildman–Crippen MR) is 33.0 cm³/mol. The molecule has 0 bridgehead atoms. The molecule has 0 aliphatic heterocycles. The van der Waals surface area contributed by atoms with E-state index in [1.807, 2.05) is 0 Å². The lowest BCUT2D eigenvalue weighted by Crippen LogP contribution is -1.80. The molecule has 0 atom stereocenters. The maximum Gasteiger partial charge on any atom is 0.123 e. The van der Waals surface area contributed by atoms with Crippen molar-refractivity contribution in [2.45, 2.75) is 0 Å². The Balaban J connectivity index is 2.88. The van der Waals surface area contributed by atoms with Crippen LogP contribution in [0.4, 0.5) is 4.39 Å². The van der Waals surface area contributed by atoms with E-state index < -0.39 is 0 Å². The van der Waals surface area contributed by atoms with Crippen LogP contribution in [0.15, 0.2) is 24.3 Å². The summed E-state index contributed by atoms with van der Waals surface area (Å²) in [6, 6.07) is 5.88. The Kier molecular flexibility index (Phi) is 1.68. The molecule has 0 heterocycles. The maximum atomic E-state index is 12.2. The maximum absolute atomic E-state index is 12.2. The number of hydrogen-bond acceptors (Lipinski definition) is 1. The quantitative estimate of drug-likeness (QED) is 0.556. The zero-order valence-corrected chi connectivity index (χ0v) is 5.10.